The lowest BCUT2D eigenvalue weighted by Gasteiger charge is -2.49. The van der Waals surface area contributed by atoms with Crippen molar-refractivity contribution >= 4 is 39.7 Å². The summed E-state index contributed by atoms with van der Waals surface area (Å²) >= 11 is 0. The molecule has 0 N–H and O–H groups in total. The molecule has 50 heavy (non-hydrogen) atoms. The molecule has 2 nitrogen and oxygen atoms in total. The van der Waals surface area contributed by atoms with Gasteiger partial charge in [0.2, 0.25) is 0 Å². The monoisotopic (exact) mass is 646 g/mol. The third kappa shape index (κ3) is 4.70. The number of allylic oxidation sites excluding steroid dienone is 4. The quantitative estimate of drug-likeness (QED) is 0.184. The summed E-state index contributed by atoms with van der Waals surface area (Å²) in [5.41, 5.74) is 17.6. The lowest BCUT2D eigenvalue weighted by molar-refractivity contribution is 0.597. The van der Waals surface area contributed by atoms with E-state index in [2.05, 4.69) is 195 Å². The van der Waals surface area contributed by atoms with Crippen molar-refractivity contribution in [3.05, 3.63) is 186 Å². The minimum Gasteiger partial charge on any atom is -0.310 e. The molecule has 0 saturated carbocycles. The molecule has 9 rings (SSSR count). The molecule has 0 unspecified atom stereocenters. The van der Waals surface area contributed by atoms with E-state index in [0.717, 1.165) is 29.9 Å². The molecule has 0 radical (unpaired) electrons. The van der Waals surface area contributed by atoms with Gasteiger partial charge < -0.3 is 9.80 Å². The van der Waals surface area contributed by atoms with Gasteiger partial charge in [-0.05, 0) is 106 Å². The van der Waals surface area contributed by atoms with Crippen molar-refractivity contribution in [2.75, 3.05) is 9.80 Å². The molecule has 1 aliphatic carbocycles. The highest BCUT2D eigenvalue weighted by Crippen LogP contribution is 2.60. The largest absolute Gasteiger partial charge is 0.310 e. The molecule has 0 saturated heterocycles. The first-order valence-electron chi connectivity index (χ1n) is 17.9. The molecule has 3 aliphatic rings. The zero-order valence-electron chi connectivity index (χ0n) is 29.3. The highest BCUT2D eigenvalue weighted by atomic mass is 15.2. The van der Waals surface area contributed by atoms with Gasteiger partial charge in [-0.15, -0.1) is 0 Å². The Kier molecular flexibility index (Phi) is 7.00. The molecule has 2 aliphatic heterocycles. The van der Waals surface area contributed by atoms with Crippen LogP contribution >= 0.6 is 0 Å². The Morgan fingerprint density at radius 1 is 0.500 bits per heavy atom. The minimum atomic E-state index is -0.205. The van der Waals surface area contributed by atoms with E-state index in [1.165, 1.54) is 61.6 Å². The van der Waals surface area contributed by atoms with Gasteiger partial charge in [-0.3, -0.25) is 0 Å². The second-order valence-electron chi connectivity index (χ2n) is 15.0. The van der Waals surface area contributed by atoms with Crippen LogP contribution in [0, 0.1) is 0 Å². The number of hydrogen-bond acceptors (Lipinski definition) is 2. The summed E-state index contributed by atoms with van der Waals surface area (Å²) in [4.78, 5) is 4.96. The average molecular weight is 647 g/mol. The lowest BCUT2D eigenvalue weighted by Crippen LogP contribution is -2.38. The summed E-state index contributed by atoms with van der Waals surface area (Å²) in [5.74, 6) is 0. The molecule has 0 bridgehead atoms. The molecule has 6 aromatic carbocycles. The van der Waals surface area contributed by atoms with E-state index in [0.29, 0.717) is 0 Å². The molecule has 0 spiro atoms. The van der Waals surface area contributed by atoms with E-state index in [4.69, 9.17) is 0 Å². The van der Waals surface area contributed by atoms with E-state index in [1.54, 1.807) is 0 Å². The highest BCUT2D eigenvalue weighted by molar-refractivity contribution is 5.94. The predicted molar refractivity (Wildman–Crippen MR) is 212 cm³/mol. The van der Waals surface area contributed by atoms with Crippen molar-refractivity contribution in [1.29, 1.82) is 0 Å². The standard InChI is InChI=1S/C48H42N2/c1-47(2)40-18-11-12-21-44(40)50-45-31-30-39(32-43(45)48(3,4)42-20-13-19-41(47)46(42)50)49(37-26-22-35(23-27-37)33-14-7-5-8-15-33)38-28-24-36(25-29-38)34-16-9-6-10-17-34/h5-9,11-16,18-32H,10,17H2,1-4H3. The summed E-state index contributed by atoms with van der Waals surface area (Å²) in [6.45, 7) is 9.54. The number of para-hydroxylation sites is 2. The third-order valence-corrected chi connectivity index (χ3v) is 11.3. The first-order valence-corrected chi connectivity index (χ1v) is 17.9. The van der Waals surface area contributed by atoms with Gasteiger partial charge in [0.25, 0.3) is 0 Å². The molecule has 0 aromatic heterocycles. The average Bonchev–Trinajstić information content (AvgIpc) is 3.16. The van der Waals surface area contributed by atoms with Gasteiger partial charge >= 0.3 is 0 Å². The molecule has 2 heterocycles. The van der Waals surface area contributed by atoms with Crippen LogP contribution in [0.15, 0.2) is 158 Å². The van der Waals surface area contributed by atoms with Crippen LogP contribution in [0.3, 0.4) is 0 Å². The normalized spacial score (nSPS) is 16.2. The van der Waals surface area contributed by atoms with Crippen molar-refractivity contribution in [2.45, 2.75) is 51.4 Å². The maximum Gasteiger partial charge on any atom is 0.0543 e. The number of benzene rings is 6. The Bertz CT molecular complexity index is 2300. The van der Waals surface area contributed by atoms with E-state index in [-0.39, 0.29) is 10.8 Å². The Hall–Kier alpha value is -5.60. The van der Waals surface area contributed by atoms with E-state index in [1.807, 2.05) is 0 Å². The molecule has 0 fully saturated rings. The third-order valence-electron chi connectivity index (χ3n) is 11.3. The Morgan fingerprint density at radius 3 is 1.74 bits per heavy atom. The second-order valence-corrected chi connectivity index (χ2v) is 15.0. The van der Waals surface area contributed by atoms with Crippen molar-refractivity contribution in [3.8, 4) is 11.1 Å². The second kappa shape index (κ2) is 11.5. The summed E-state index contributed by atoms with van der Waals surface area (Å²) in [5, 5.41) is 0. The Morgan fingerprint density at radius 2 is 1.06 bits per heavy atom. The zero-order chi connectivity index (χ0) is 34.0. The lowest BCUT2D eigenvalue weighted by atomic mass is 9.66. The van der Waals surface area contributed by atoms with Gasteiger partial charge in [0, 0.05) is 27.9 Å². The van der Waals surface area contributed by atoms with Gasteiger partial charge in [0.15, 0.2) is 0 Å². The molecule has 0 amide bonds. The fourth-order valence-corrected chi connectivity index (χ4v) is 8.56. The van der Waals surface area contributed by atoms with Crippen molar-refractivity contribution in [2.24, 2.45) is 0 Å². The molecule has 2 heteroatoms. The van der Waals surface area contributed by atoms with Crippen LogP contribution < -0.4 is 9.80 Å². The van der Waals surface area contributed by atoms with Gasteiger partial charge in [-0.25, -0.2) is 0 Å². The van der Waals surface area contributed by atoms with Crippen LogP contribution in [0.4, 0.5) is 34.1 Å². The molecular formula is C48H42N2. The highest BCUT2D eigenvalue weighted by Gasteiger charge is 2.45. The maximum atomic E-state index is 2.54. The van der Waals surface area contributed by atoms with Crippen molar-refractivity contribution in [3.63, 3.8) is 0 Å². The summed E-state index contributed by atoms with van der Waals surface area (Å²) in [6, 6.07) is 51.8. The van der Waals surface area contributed by atoms with Gasteiger partial charge in [0.05, 0.1) is 17.1 Å². The Labute approximate surface area is 296 Å². The fraction of sp³-hybridized carbons (Fsp3) is 0.167. The molecule has 0 atom stereocenters. The minimum absolute atomic E-state index is 0.0925. The van der Waals surface area contributed by atoms with Crippen LogP contribution in [-0.4, -0.2) is 0 Å². The zero-order valence-corrected chi connectivity index (χ0v) is 29.3. The van der Waals surface area contributed by atoms with Crippen LogP contribution in [-0.2, 0) is 10.8 Å². The van der Waals surface area contributed by atoms with E-state index < -0.39 is 0 Å². The van der Waals surface area contributed by atoms with Crippen molar-refractivity contribution < 1.29 is 0 Å². The number of rotatable bonds is 5. The smallest absolute Gasteiger partial charge is 0.0543 e. The number of hydrogen-bond donors (Lipinski definition) is 0. The SMILES string of the molecule is CC1(C)c2ccccc2N2c3ccc(N(c4ccc(C5=CC=CCC5)cc4)c4ccc(-c5ccccc5)cc4)cc3C(C)(C)c3cccc1c32. The van der Waals surface area contributed by atoms with Crippen LogP contribution in [0.25, 0.3) is 16.7 Å². The van der Waals surface area contributed by atoms with E-state index in [9.17, 15) is 0 Å². The molecule has 244 valence electrons. The van der Waals surface area contributed by atoms with Gasteiger partial charge in [-0.1, -0.05) is 137 Å². The van der Waals surface area contributed by atoms with Crippen LogP contribution in [0.2, 0.25) is 0 Å². The Balaban J connectivity index is 1.21. The van der Waals surface area contributed by atoms with Gasteiger partial charge in [0.1, 0.15) is 0 Å². The maximum absolute atomic E-state index is 2.54. The summed E-state index contributed by atoms with van der Waals surface area (Å²) in [7, 11) is 0. The first kappa shape index (κ1) is 30.5. The number of nitrogens with zero attached hydrogens (tertiary/aromatic N) is 2. The predicted octanol–water partition coefficient (Wildman–Crippen LogP) is 13.3. The number of fused-ring (bicyclic) bond motifs is 4. The van der Waals surface area contributed by atoms with E-state index >= 15 is 0 Å². The topological polar surface area (TPSA) is 6.48 Å². The van der Waals surface area contributed by atoms with Crippen molar-refractivity contribution in [1.82, 2.24) is 0 Å². The van der Waals surface area contributed by atoms with Crippen LogP contribution in [0.5, 0.6) is 0 Å². The summed E-state index contributed by atoms with van der Waals surface area (Å²) in [6.07, 6.45) is 8.87. The molecule has 6 aromatic rings. The van der Waals surface area contributed by atoms with Crippen LogP contribution in [0.1, 0.15) is 68.4 Å². The first-order chi connectivity index (χ1) is 24.3. The fourth-order valence-electron chi connectivity index (χ4n) is 8.56. The number of anilines is 6. The van der Waals surface area contributed by atoms with Gasteiger partial charge in [-0.2, -0.15) is 0 Å². The summed E-state index contributed by atoms with van der Waals surface area (Å²) < 4.78 is 0. The molecular weight excluding hydrogens is 605 g/mol.